The van der Waals surface area contributed by atoms with Gasteiger partial charge in [0, 0.05) is 28.8 Å². The van der Waals surface area contributed by atoms with Crippen LogP contribution in [0.15, 0.2) is 73.1 Å². The molecule has 24 heavy (non-hydrogen) atoms. The quantitative estimate of drug-likeness (QED) is 0.749. The number of hydrogen-bond donors (Lipinski definition) is 1. The fourth-order valence-electron chi connectivity index (χ4n) is 2.90. The molecule has 0 radical (unpaired) electrons. The number of amides is 1. The Hall–Kier alpha value is -2.85. The van der Waals surface area contributed by atoms with Crippen molar-refractivity contribution in [3.05, 3.63) is 89.2 Å². The lowest BCUT2D eigenvalue weighted by Gasteiger charge is -2.38. The number of carbonyl (C=O) groups excluding carboxylic acids is 1. The van der Waals surface area contributed by atoms with Crippen LogP contribution in [0.5, 0.6) is 0 Å². The fraction of sp³-hybridized carbons (Fsp3) is 0.0526. The van der Waals surface area contributed by atoms with E-state index in [-0.39, 0.29) is 12.1 Å². The topological polar surface area (TPSA) is 45.2 Å². The summed E-state index contributed by atoms with van der Waals surface area (Å²) in [6.45, 7) is 0. The summed E-state index contributed by atoms with van der Waals surface area (Å²) in [5.41, 5.74) is 3.23. The third-order valence-electron chi connectivity index (χ3n) is 4.05. The number of aromatic nitrogens is 1. The smallest absolute Gasteiger partial charge is 0.262 e. The maximum Gasteiger partial charge on any atom is 0.262 e. The molecule has 2 aromatic carbocycles. The number of halogens is 1. The molecule has 0 fully saturated rings. The van der Waals surface area contributed by atoms with E-state index in [1.165, 1.54) is 0 Å². The van der Waals surface area contributed by atoms with Gasteiger partial charge >= 0.3 is 0 Å². The minimum absolute atomic E-state index is 0.0477. The van der Waals surface area contributed by atoms with E-state index in [9.17, 15) is 4.79 Å². The standard InChI is InChI=1S/C19H14ClN3O/c20-14-5-7-15(8-6-14)23-18(13-9-11-21-12-10-13)22-17-4-2-1-3-16(17)19(23)24/h1-12,18,22H/t18-/m0/s1. The molecular formula is C19H14ClN3O. The highest BCUT2D eigenvalue weighted by Gasteiger charge is 2.33. The van der Waals surface area contributed by atoms with Crippen LogP contribution < -0.4 is 10.2 Å². The van der Waals surface area contributed by atoms with Gasteiger partial charge in [-0.2, -0.15) is 0 Å². The van der Waals surface area contributed by atoms with Crippen molar-refractivity contribution in [2.45, 2.75) is 6.17 Å². The Kier molecular flexibility index (Phi) is 3.67. The molecule has 1 amide bonds. The Morgan fingerprint density at radius 3 is 2.42 bits per heavy atom. The molecule has 0 aliphatic carbocycles. The third-order valence-corrected chi connectivity index (χ3v) is 4.31. The first-order valence-corrected chi connectivity index (χ1v) is 7.96. The van der Waals surface area contributed by atoms with E-state index in [1.807, 2.05) is 48.5 Å². The van der Waals surface area contributed by atoms with Gasteiger partial charge in [0.1, 0.15) is 6.17 Å². The molecule has 2 heterocycles. The Morgan fingerprint density at radius 1 is 0.958 bits per heavy atom. The van der Waals surface area contributed by atoms with E-state index < -0.39 is 0 Å². The Labute approximate surface area is 144 Å². The van der Waals surface area contributed by atoms with Gasteiger partial charge in [0.25, 0.3) is 5.91 Å². The van der Waals surface area contributed by atoms with E-state index >= 15 is 0 Å². The van der Waals surface area contributed by atoms with Crippen molar-refractivity contribution < 1.29 is 4.79 Å². The summed E-state index contributed by atoms with van der Waals surface area (Å²) in [4.78, 5) is 18.9. The Bertz CT molecular complexity index is 881. The molecular weight excluding hydrogens is 322 g/mol. The number of benzene rings is 2. The summed E-state index contributed by atoms with van der Waals surface area (Å²) in [7, 11) is 0. The molecule has 4 rings (SSSR count). The van der Waals surface area contributed by atoms with Crippen molar-refractivity contribution in [1.82, 2.24) is 4.98 Å². The Morgan fingerprint density at radius 2 is 1.67 bits per heavy atom. The first kappa shape index (κ1) is 14.7. The summed E-state index contributed by atoms with van der Waals surface area (Å²) < 4.78 is 0. The molecule has 5 heteroatoms. The van der Waals surface area contributed by atoms with Gasteiger partial charge < -0.3 is 5.32 Å². The molecule has 0 spiro atoms. The maximum atomic E-state index is 13.1. The lowest BCUT2D eigenvalue weighted by molar-refractivity contribution is 0.0975. The second-order valence-electron chi connectivity index (χ2n) is 5.52. The van der Waals surface area contributed by atoms with Gasteiger partial charge in [-0.1, -0.05) is 23.7 Å². The van der Waals surface area contributed by atoms with Crippen LogP contribution in [0.2, 0.25) is 5.02 Å². The number of pyridine rings is 1. The van der Waals surface area contributed by atoms with Crippen LogP contribution in [0.25, 0.3) is 0 Å². The van der Waals surface area contributed by atoms with E-state index in [0.29, 0.717) is 10.6 Å². The molecule has 1 aliphatic rings. The molecule has 1 atom stereocenters. The number of hydrogen-bond acceptors (Lipinski definition) is 3. The van der Waals surface area contributed by atoms with Crippen molar-refractivity contribution >= 4 is 28.9 Å². The van der Waals surface area contributed by atoms with Crippen LogP contribution in [0, 0.1) is 0 Å². The number of anilines is 2. The molecule has 118 valence electrons. The molecule has 1 aliphatic heterocycles. The zero-order chi connectivity index (χ0) is 16.5. The SMILES string of the molecule is O=C1c2ccccc2N[C@H](c2ccncc2)N1c1ccc(Cl)cc1. The molecule has 0 saturated carbocycles. The van der Waals surface area contributed by atoms with Crippen molar-refractivity contribution in [2.24, 2.45) is 0 Å². The molecule has 0 bridgehead atoms. The summed E-state index contributed by atoms with van der Waals surface area (Å²) in [6.07, 6.45) is 3.14. The predicted octanol–water partition coefficient (Wildman–Crippen LogP) is 4.51. The van der Waals surface area contributed by atoms with Crippen LogP contribution in [0.1, 0.15) is 22.1 Å². The van der Waals surface area contributed by atoms with Crippen LogP contribution in [-0.4, -0.2) is 10.9 Å². The van der Waals surface area contributed by atoms with Crippen LogP contribution in [0.3, 0.4) is 0 Å². The van der Waals surface area contributed by atoms with Gasteiger partial charge in [-0.25, -0.2) is 0 Å². The average Bonchev–Trinajstić information content (AvgIpc) is 2.63. The second-order valence-corrected chi connectivity index (χ2v) is 5.96. The number of nitrogens with one attached hydrogen (secondary N) is 1. The van der Waals surface area contributed by atoms with E-state index in [2.05, 4.69) is 10.3 Å². The molecule has 1 N–H and O–H groups in total. The highest BCUT2D eigenvalue weighted by Crippen LogP contribution is 2.36. The van der Waals surface area contributed by atoms with E-state index in [1.54, 1.807) is 29.4 Å². The molecule has 1 aromatic heterocycles. The van der Waals surface area contributed by atoms with Gasteiger partial charge in [-0.05, 0) is 54.1 Å². The van der Waals surface area contributed by atoms with Gasteiger partial charge in [-0.3, -0.25) is 14.7 Å². The maximum absolute atomic E-state index is 13.1. The summed E-state index contributed by atoms with van der Waals surface area (Å²) in [6, 6.07) is 18.6. The number of rotatable bonds is 2. The average molecular weight is 336 g/mol. The monoisotopic (exact) mass is 335 g/mol. The van der Waals surface area contributed by atoms with Crippen LogP contribution in [-0.2, 0) is 0 Å². The lowest BCUT2D eigenvalue weighted by Crippen LogP contribution is -2.43. The Balaban J connectivity index is 1.86. The van der Waals surface area contributed by atoms with Crippen molar-refractivity contribution in [2.75, 3.05) is 10.2 Å². The normalized spacial score (nSPS) is 16.5. The van der Waals surface area contributed by atoms with E-state index in [0.717, 1.165) is 16.9 Å². The molecule has 4 nitrogen and oxygen atoms in total. The zero-order valence-corrected chi connectivity index (χ0v) is 13.4. The zero-order valence-electron chi connectivity index (χ0n) is 12.7. The molecule has 0 saturated heterocycles. The lowest BCUT2D eigenvalue weighted by atomic mass is 10.0. The van der Waals surface area contributed by atoms with Gasteiger partial charge in [-0.15, -0.1) is 0 Å². The van der Waals surface area contributed by atoms with Gasteiger partial charge in [0.2, 0.25) is 0 Å². The van der Waals surface area contributed by atoms with Crippen molar-refractivity contribution in [1.29, 1.82) is 0 Å². The van der Waals surface area contributed by atoms with E-state index in [4.69, 9.17) is 11.6 Å². The highest BCUT2D eigenvalue weighted by atomic mass is 35.5. The van der Waals surface area contributed by atoms with Crippen molar-refractivity contribution in [3.8, 4) is 0 Å². The first-order chi connectivity index (χ1) is 11.7. The first-order valence-electron chi connectivity index (χ1n) is 7.59. The van der Waals surface area contributed by atoms with Gasteiger partial charge in [0.05, 0.1) is 5.56 Å². The minimum Gasteiger partial charge on any atom is -0.360 e. The number of para-hydroxylation sites is 1. The summed E-state index contributed by atoms with van der Waals surface area (Å²) in [5, 5.41) is 4.09. The van der Waals surface area contributed by atoms with Crippen LogP contribution >= 0.6 is 11.6 Å². The minimum atomic E-state index is -0.309. The predicted molar refractivity (Wildman–Crippen MR) is 95.3 cm³/mol. The van der Waals surface area contributed by atoms with Gasteiger partial charge in [0.15, 0.2) is 0 Å². The highest BCUT2D eigenvalue weighted by molar-refractivity contribution is 6.30. The third kappa shape index (κ3) is 2.51. The second kappa shape index (κ2) is 5.98. The summed E-state index contributed by atoms with van der Waals surface area (Å²) in [5.74, 6) is -0.0477. The number of fused-ring (bicyclic) bond motifs is 1. The van der Waals surface area contributed by atoms with Crippen LogP contribution in [0.4, 0.5) is 11.4 Å². The summed E-state index contributed by atoms with van der Waals surface area (Å²) >= 11 is 5.99. The molecule has 0 unspecified atom stereocenters. The number of nitrogens with zero attached hydrogens (tertiary/aromatic N) is 2. The fourth-order valence-corrected chi connectivity index (χ4v) is 3.03. The number of carbonyl (C=O) groups is 1. The van der Waals surface area contributed by atoms with Crippen molar-refractivity contribution in [3.63, 3.8) is 0 Å². The molecule has 3 aromatic rings. The largest absolute Gasteiger partial charge is 0.360 e.